The molecule has 0 aliphatic carbocycles. The molecule has 1 spiro atoms. The highest BCUT2D eigenvalue weighted by molar-refractivity contribution is 5.81. The Bertz CT molecular complexity index is 1070. The minimum absolute atomic E-state index is 0.0850. The summed E-state index contributed by atoms with van der Waals surface area (Å²) in [5.41, 5.74) is 5.25. The summed E-state index contributed by atoms with van der Waals surface area (Å²) in [7, 11) is 0. The summed E-state index contributed by atoms with van der Waals surface area (Å²) in [5, 5.41) is 2.96. The van der Waals surface area contributed by atoms with Crippen LogP contribution in [0.2, 0.25) is 0 Å². The summed E-state index contributed by atoms with van der Waals surface area (Å²) < 4.78 is 6.04. The van der Waals surface area contributed by atoms with E-state index in [1.54, 1.807) is 12.4 Å². The SMILES string of the molecule is Cc1cnc(CNC(=O)[C@@H]2C[C@@]3(CO2)CN(Cc2ccccc2)c2ccccc23)cn1. The van der Waals surface area contributed by atoms with Crippen LogP contribution >= 0.6 is 0 Å². The van der Waals surface area contributed by atoms with Crippen molar-refractivity contribution in [3.8, 4) is 0 Å². The number of carbonyl (C=O) groups excluding carboxylic acids is 1. The molecule has 0 bridgehead atoms. The van der Waals surface area contributed by atoms with Gasteiger partial charge in [0.25, 0.3) is 0 Å². The summed E-state index contributed by atoms with van der Waals surface area (Å²) in [6.07, 6.45) is 3.63. The Morgan fingerprint density at radius 2 is 1.94 bits per heavy atom. The Balaban J connectivity index is 1.29. The number of hydrogen-bond acceptors (Lipinski definition) is 5. The second-order valence-electron chi connectivity index (χ2n) is 8.51. The highest BCUT2D eigenvalue weighted by atomic mass is 16.5. The van der Waals surface area contributed by atoms with E-state index < -0.39 is 6.10 Å². The fourth-order valence-corrected chi connectivity index (χ4v) is 4.68. The van der Waals surface area contributed by atoms with Crippen LogP contribution in [0.1, 0.15) is 28.9 Å². The molecule has 2 aliphatic rings. The molecular weight excluding hydrogens is 388 g/mol. The van der Waals surface area contributed by atoms with Crippen molar-refractivity contribution in [1.29, 1.82) is 0 Å². The molecular formula is C25H26N4O2. The van der Waals surface area contributed by atoms with Crippen molar-refractivity contribution in [3.05, 3.63) is 89.5 Å². The van der Waals surface area contributed by atoms with Gasteiger partial charge in [-0.15, -0.1) is 0 Å². The number of fused-ring (bicyclic) bond motifs is 2. The van der Waals surface area contributed by atoms with Gasteiger partial charge in [0, 0.05) is 30.4 Å². The van der Waals surface area contributed by atoms with Crippen LogP contribution in [-0.4, -0.2) is 35.1 Å². The van der Waals surface area contributed by atoms with Crippen LogP contribution in [0.4, 0.5) is 5.69 Å². The minimum atomic E-state index is -0.455. The fraction of sp³-hybridized carbons (Fsp3) is 0.320. The number of amides is 1. The number of ether oxygens (including phenoxy) is 1. The Morgan fingerprint density at radius 3 is 2.74 bits per heavy atom. The number of nitrogens with one attached hydrogen (secondary N) is 1. The smallest absolute Gasteiger partial charge is 0.249 e. The molecule has 5 rings (SSSR count). The molecule has 3 aromatic rings. The van der Waals surface area contributed by atoms with Crippen molar-refractivity contribution in [2.24, 2.45) is 0 Å². The van der Waals surface area contributed by atoms with E-state index in [4.69, 9.17) is 4.74 Å². The van der Waals surface area contributed by atoms with Crippen LogP contribution < -0.4 is 10.2 Å². The maximum absolute atomic E-state index is 12.8. The number of carbonyl (C=O) groups is 1. The van der Waals surface area contributed by atoms with Crippen molar-refractivity contribution < 1.29 is 9.53 Å². The predicted molar refractivity (Wildman–Crippen MR) is 119 cm³/mol. The topological polar surface area (TPSA) is 67.3 Å². The zero-order chi connectivity index (χ0) is 21.3. The molecule has 1 fully saturated rings. The highest BCUT2D eigenvalue weighted by Gasteiger charge is 2.50. The summed E-state index contributed by atoms with van der Waals surface area (Å²) in [4.78, 5) is 23.8. The van der Waals surface area contributed by atoms with Crippen molar-refractivity contribution in [3.63, 3.8) is 0 Å². The first-order chi connectivity index (χ1) is 15.1. The monoisotopic (exact) mass is 414 g/mol. The zero-order valence-corrected chi connectivity index (χ0v) is 17.6. The van der Waals surface area contributed by atoms with Crippen LogP contribution in [0, 0.1) is 6.92 Å². The molecule has 158 valence electrons. The fourth-order valence-electron chi connectivity index (χ4n) is 4.68. The summed E-state index contributed by atoms with van der Waals surface area (Å²) in [6.45, 7) is 4.51. The van der Waals surface area contributed by atoms with E-state index in [9.17, 15) is 4.79 Å². The summed E-state index contributed by atoms with van der Waals surface area (Å²) >= 11 is 0. The molecule has 0 saturated carbocycles. The van der Waals surface area contributed by atoms with Crippen LogP contribution in [0.15, 0.2) is 67.0 Å². The lowest BCUT2D eigenvalue weighted by molar-refractivity contribution is -0.130. The molecule has 2 atom stereocenters. The van der Waals surface area contributed by atoms with E-state index in [1.807, 2.05) is 13.0 Å². The van der Waals surface area contributed by atoms with E-state index in [-0.39, 0.29) is 11.3 Å². The molecule has 1 amide bonds. The Labute approximate surface area is 182 Å². The Morgan fingerprint density at radius 1 is 1.13 bits per heavy atom. The van der Waals surface area contributed by atoms with Gasteiger partial charge in [-0.1, -0.05) is 48.5 Å². The first-order valence-corrected chi connectivity index (χ1v) is 10.7. The van der Waals surface area contributed by atoms with Gasteiger partial charge < -0.3 is 15.0 Å². The number of aromatic nitrogens is 2. The van der Waals surface area contributed by atoms with E-state index >= 15 is 0 Å². The number of anilines is 1. The van der Waals surface area contributed by atoms with E-state index in [1.165, 1.54) is 16.8 Å². The van der Waals surface area contributed by atoms with Crippen molar-refractivity contribution in [1.82, 2.24) is 15.3 Å². The van der Waals surface area contributed by atoms with E-state index in [0.717, 1.165) is 24.5 Å². The minimum Gasteiger partial charge on any atom is -0.367 e. The number of hydrogen-bond donors (Lipinski definition) is 1. The van der Waals surface area contributed by atoms with Gasteiger partial charge in [-0.2, -0.15) is 0 Å². The van der Waals surface area contributed by atoms with E-state index in [0.29, 0.717) is 19.6 Å². The molecule has 6 nitrogen and oxygen atoms in total. The first kappa shape index (κ1) is 19.7. The summed E-state index contributed by atoms with van der Waals surface area (Å²) in [5.74, 6) is -0.0850. The molecule has 2 aromatic carbocycles. The first-order valence-electron chi connectivity index (χ1n) is 10.7. The number of benzene rings is 2. The third-order valence-corrected chi connectivity index (χ3v) is 6.23. The van der Waals surface area contributed by atoms with E-state index in [2.05, 4.69) is 68.7 Å². The Hall–Kier alpha value is -3.25. The molecule has 0 unspecified atom stereocenters. The third kappa shape index (κ3) is 3.91. The quantitative estimate of drug-likeness (QED) is 0.695. The number of aryl methyl sites for hydroxylation is 1. The van der Waals surface area contributed by atoms with Gasteiger partial charge in [0.05, 0.1) is 30.7 Å². The van der Waals surface area contributed by atoms with Crippen LogP contribution in [0.5, 0.6) is 0 Å². The average molecular weight is 415 g/mol. The largest absolute Gasteiger partial charge is 0.367 e. The zero-order valence-electron chi connectivity index (χ0n) is 17.6. The molecule has 2 aliphatic heterocycles. The van der Waals surface area contributed by atoms with Crippen LogP contribution in [0.25, 0.3) is 0 Å². The Kier molecular flexibility index (Phi) is 5.16. The average Bonchev–Trinajstić information content (AvgIpc) is 3.36. The lowest BCUT2D eigenvalue weighted by Crippen LogP contribution is -2.37. The molecule has 1 aromatic heterocycles. The maximum atomic E-state index is 12.8. The number of para-hydroxylation sites is 1. The summed E-state index contributed by atoms with van der Waals surface area (Å²) in [6, 6.07) is 19.0. The molecule has 1 saturated heterocycles. The molecule has 1 N–H and O–H groups in total. The number of rotatable bonds is 5. The molecule has 3 heterocycles. The van der Waals surface area contributed by atoms with Crippen LogP contribution in [-0.2, 0) is 28.0 Å². The van der Waals surface area contributed by atoms with Crippen LogP contribution in [0.3, 0.4) is 0 Å². The lowest BCUT2D eigenvalue weighted by Gasteiger charge is -2.24. The van der Waals surface area contributed by atoms with Gasteiger partial charge in [-0.3, -0.25) is 14.8 Å². The van der Waals surface area contributed by atoms with Gasteiger partial charge in [-0.05, 0) is 30.5 Å². The van der Waals surface area contributed by atoms with Gasteiger partial charge >= 0.3 is 0 Å². The molecule has 6 heteroatoms. The third-order valence-electron chi connectivity index (χ3n) is 6.23. The predicted octanol–water partition coefficient (Wildman–Crippen LogP) is 3.15. The second-order valence-corrected chi connectivity index (χ2v) is 8.51. The second kappa shape index (κ2) is 8.12. The van der Waals surface area contributed by atoms with Gasteiger partial charge in [-0.25, -0.2) is 0 Å². The van der Waals surface area contributed by atoms with Gasteiger partial charge in [0.1, 0.15) is 6.10 Å². The van der Waals surface area contributed by atoms with Gasteiger partial charge in [0.2, 0.25) is 5.91 Å². The highest BCUT2D eigenvalue weighted by Crippen LogP contribution is 2.47. The normalized spacial score (nSPS) is 22.0. The number of nitrogens with zero attached hydrogens (tertiary/aromatic N) is 3. The van der Waals surface area contributed by atoms with Gasteiger partial charge in [0.15, 0.2) is 0 Å². The van der Waals surface area contributed by atoms with Crippen molar-refractivity contribution in [2.45, 2.75) is 38.0 Å². The molecule has 31 heavy (non-hydrogen) atoms. The lowest BCUT2D eigenvalue weighted by atomic mass is 9.80. The standard InChI is InChI=1S/C25H26N4O2/c1-18-12-27-20(13-26-18)14-28-24(30)23-11-25(17-31-23)16-29(15-19-7-3-2-4-8-19)22-10-6-5-9-21(22)25/h2-10,12-13,23H,11,14-17H2,1H3,(H,28,30)/t23-,25-/m0/s1. The maximum Gasteiger partial charge on any atom is 0.249 e. The van der Waals surface area contributed by atoms with Crippen molar-refractivity contribution in [2.75, 3.05) is 18.1 Å². The van der Waals surface area contributed by atoms with Crippen molar-refractivity contribution >= 4 is 11.6 Å². The molecule has 0 radical (unpaired) electrons.